The normalized spacial score (nSPS) is 12.5. The summed E-state index contributed by atoms with van der Waals surface area (Å²) in [6, 6.07) is 0.285. The lowest BCUT2D eigenvalue weighted by Crippen LogP contribution is -2.28. The van der Waals surface area contributed by atoms with Crippen molar-refractivity contribution in [2.24, 2.45) is 0 Å². The largest absolute Gasteiger partial charge is 0.463 e. The number of hydrogen-bond acceptors (Lipinski definition) is 4. The van der Waals surface area contributed by atoms with Crippen molar-refractivity contribution in [2.75, 3.05) is 14.2 Å². The second kappa shape index (κ2) is 4.76. The summed E-state index contributed by atoms with van der Waals surface area (Å²) in [5.74, 6) is -0.0621. The fourth-order valence-electron chi connectivity index (χ4n) is 1.12. The molecule has 0 aromatic carbocycles. The Morgan fingerprint density at radius 1 is 1.79 bits per heavy atom. The number of imidazole rings is 1. The number of hydrogen-bond donors (Lipinski definition) is 1. The van der Waals surface area contributed by atoms with Crippen LogP contribution in [0.25, 0.3) is 0 Å². The van der Waals surface area contributed by atoms with Gasteiger partial charge in [-0.3, -0.25) is 0 Å². The molecule has 0 bridgehead atoms. The van der Waals surface area contributed by atoms with Gasteiger partial charge in [0.15, 0.2) is 0 Å². The van der Waals surface area contributed by atoms with E-state index in [-0.39, 0.29) is 6.04 Å². The van der Waals surface area contributed by atoms with Crippen LogP contribution in [0, 0.1) is 0 Å². The summed E-state index contributed by atoms with van der Waals surface area (Å²) in [6.07, 6.45) is 3.36. The number of nitrogens with zero attached hydrogens (tertiary/aromatic N) is 2. The van der Waals surface area contributed by atoms with E-state index in [2.05, 4.69) is 15.0 Å². The van der Waals surface area contributed by atoms with E-state index in [1.807, 2.05) is 14.0 Å². The third kappa shape index (κ3) is 2.32. The molecule has 5 nitrogen and oxygen atoms in total. The number of ether oxygens (including phenoxy) is 1. The maximum Gasteiger partial charge on any atom is 0.374 e. The molecule has 14 heavy (non-hydrogen) atoms. The highest BCUT2D eigenvalue weighted by Crippen LogP contribution is 2.01. The van der Waals surface area contributed by atoms with E-state index in [0.717, 1.165) is 0 Å². The molecule has 1 unspecified atom stereocenters. The van der Waals surface area contributed by atoms with Crippen molar-refractivity contribution in [3.05, 3.63) is 18.2 Å². The van der Waals surface area contributed by atoms with Gasteiger partial charge in [-0.2, -0.15) is 0 Å². The summed E-state index contributed by atoms with van der Waals surface area (Å²) in [5, 5.41) is 3.09. The topological polar surface area (TPSA) is 56.2 Å². The minimum Gasteiger partial charge on any atom is -0.463 e. The molecule has 78 valence electrons. The molecule has 0 aliphatic heterocycles. The Balaban J connectivity index is 2.77. The van der Waals surface area contributed by atoms with Crippen LogP contribution in [0.1, 0.15) is 17.5 Å². The van der Waals surface area contributed by atoms with Gasteiger partial charge in [-0.05, 0) is 14.0 Å². The first-order valence-corrected chi connectivity index (χ1v) is 4.45. The van der Waals surface area contributed by atoms with Crippen LogP contribution < -0.4 is 5.32 Å². The summed E-state index contributed by atoms with van der Waals surface area (Å²) in [7, 11) is 3.22. The van der Waals surface area contributed by atoms with E-state index in [4.69, 9.17) is 0 Å². The van der Waals surface area contributed by atoms with Crippen LogP contribution in [0.4, 0.5) is 0 Å². The molecular weight excluding hydrogens is 182 g/mol. The average Bonchev–Trinajstić information content (AvgIpc) is 2.64. The molecule has 1 aromatic rings. The molecule has 1 heterocycles. The molecule has 1 aromatic heterocycles. The highest BCUT2D eigenvalue weighted by molar-refractivity contribution is 5.85. The SMILES string of the molecule is CNC(C)Cn1ccnc1C(=O)OC. The van der Waals surface area contributed by atoms with Gasteiger partial charge in [-0.1, -0.05) is 0 Å². The predicted molar refractivity (Wildman–Crippen MR) is 52.1 cm³/mol. The molecule has 0 spiro atoms. The molecule has 1 atom stereocenters. The average molecular weight is 197 g/mol. The first-order chi connectivity index (χ1) is 6.69. The van der Waals surface area contributed by atoms with E-state index >= 15 is 0 Å². The Bertz CT molecular complexity index is 309. The fourth-order valence-corrected chi connectivity index (χ4v) is 1.12. The summed E-state index contributed by atoms with van der Waals surface area (Å²) < 4.78 is 6.38. The van der Waals surface area contributed by atoms with E-state index in [1.54, 1.807) is 17.0 Å². The van der Waals surface area contributed by atoms with Gasteiger partial charge in [0, 0.05) is 25.0 Å². The molecule has 0 saturated carbocycles. The van der Waals surface area contributed by atoms with E-state index in [0.29, 0.717) is 12.4 Å². The Labute approximate surface area is 83.1 Å². The number of nitrogens with one attached hydrogen (secondary N) is 1. The molecule has 1 N–H and O–H groups in total. The summed E-state index contributed by atoms with van der Waals surface area (Å²) in [4.78, 5) is 15.2. The van der Waals surface area contributed by atoms with Crippen LogP contribution in [0.3, 0.4) is 0 Å². The third-order valence-corrected chi connectivity index (χ3v) is 2.05. The van der Waals surface area contributed by atoms with Gasteiger partial charge in [0.05, 0.1) is 7.11 Å². The van der Waals surface area contributed by atoms with Crippen molar-refractivity contribution >= 4 is 5.97 Å². The number of rotatable bonds is 4. The number of carbonyl (C=O) groups is 1. The van der Waals surface area contributed by atoms with Gasteiger partial charge in [0.2, 0.25) is 5.82 Å². The molecule has 0 fully saturated rings. The van der Waals surface area contributed by atoms with Gasteiger partial charge >= 0.3 is 5.97 Å². The number of carbonyl (C=O) groups excluding carboxylic acids is 1. The minimum absolute atomic E-state index is 0.285. The molecule has 5 heteroatoms. The zero-order valence-electron chi connectivity index (χ0n) is 8.65. The molecule has 0 amide bonds. The smallest absolute Gasteiger partial charge is 0.374 e. The second-order valence-electron chi connectivity index (χ2n) is 3.08. The number of esters is 1. The van der Waals surface area contributed by atoms with Crippen LogP contribution in [0.15, 0.2) is 12.4 Å². The molecule has 0 saturated heterocycles. The first-order valence-electron chi connectivity index (χ1n) is 4.45. The van der Waals surface area contributed by atoms with E-state index in [9.17, 15) is 4.79 Å². The molecular formula is C9H15N3O2. The standard InChI is InChI=1S/C9H15N3O2/c1-7(10-2)6-12-5-4-11-8(12)9(13)14-3/h4-5,7,10H,6H2,1-3H3. The summed E-state index contributed by atoms with van der Waals surface area (Å²) >= 11 is 0. The molecule has 0 aliphatic carbocycles. The zero-order valence-corrected chi connectivity index (χ0v) is 8.65. The van der Waals surface area contributed by atoms with Gasteiger partial charge < -0.3 is 14.6 Å². The van der Waals surface area contributed by atoms with Crippen LogP contribution in [0.5, 0.6) is 0 Å². The lowest BCUT2D eigenvalue weighted by atomic mass is 10.3. The minimum atomic E-state index is -0.404. The molecule has 0 aliphatic rings. The van der Waals surface area contributed by atoms with E-state index in [1.165, 1.54) is 7.11 Å². The Morgan fingerprint density at radius 3 is 3.07 bits per heavy atom. The number of aromatic nitrogens is 2. The zero-order chi connectivity index (χ0) is 10.6. The lowest BCUT2D eigenvalue weighted by Gasteiger charge is -2.12. The Hall–Kier alpha value is -1.36. The van der Waals surface area contributed by atoms with Crippen molar-refractivity contribution in [1.29, 1.82) is 0 Å². The van der Waals surface area contributed by atoms with Crippen molar-refractivity contribution in [3.8, 4) is 0 Å². The van der Waals surface area contributed by atoms with Crippen molar-refractivity contribution < 1.29 is 9.53 Å². The number of methoxy groups -OCH3 is 1. The van der Waals surface area contributed by atoms with Crippen molar-refractivity contribution in [3.63, 3.8) is 0 Å². The quantitative estimate of drug-likeness (QED) is 0.704. The second-order valence-corrected chi connectivity index (χ2v) is 3.08. The monoisotopic (exact) mass is 197 g/mol. The highest BCUT2D eigenvalue weighted by Gasteiger charge is 2.13. The predicted octanol–water partition coefficient (Wildman–Crippen LogP) is 0.278. The molecule has 0 radical (unpaired) electrons. The van der Waals surface area contributed by atoms with Gasteiger partial charge in [-0.25, -0.2) is 9.78 Å². The number of likely N-dealkylation sites (N-methyl/N-ethyl adjacent to an activating group) is 1. The highest BCUT2D eigenvalue weighted by atomic mass is 16.5. The first kappa shape index (κ1) is 10.7. The fraction of sp³-hybridized carbons (Fsp3) is 0.556. The van der Waals surface area contributed by atoms with Crippen LogP contribution >= 0.6 is 0 Å². The van der Waals surface area contributed by atoms with Crippen molar-refractivity contribution in [1.82, 2.24) is 14.9 Å². The summed E-state index contributed by atoms with van der Waals surface area (Å²) in [5.41, 5.74) is 0. The Kier molecular flexibility index (Phi) is 3.64. The lowest BCUT2D eigenvalue weighted by molar-refractivity contribution is 0.0580. The maximum absolute atomic E-state index is 11.2. The van der Waals surface area contributed by atoms with Crippen LogP contribution in [-0.2, 0) is 11.3 Å². The van der Waals surface area contributed by atoms with Gasteiger partial charge in [0.1, 0.15) is 0 Å². The third-order valence-electron chi connectivity index (χ3n) is 2.05. The summed E-state index contributed by atoms with van der Waals surface area (Å²) in [6.45, 7) is 2.72. The van der Waals surface area contributed by atoms with Crippen LogP contribution in [-0.4, -0.2) is 35.7 Å². The van der Waals surface area contributed by atoms with Gasteiger partial charge in [0.25, 0.3) is 0 Å². The molecule has 1 rings (SSSR count). The Morgan fingerprint density at radius 2 is 2.50 bits per heavy atom. The maximum atomic E-state index is 11.2. The van der Waals surface area contributed by atoms with Crippen molar-refractivity contribution in [2.45, 2.75) is 19.5 Å². The van der Waals surface area contributed by atoms with Crippen LogP contribution in [0.2, 0.25) is 0 Å². The van der Waals surface area contributed by atoms with E-state index < -0.39 is 5.97 Å². The van der Waals surface area contributed by atoms with Gasteiger partial charge in [-0.15, -0.1) is 0 Å².